The molecule has 7 heteroatoms. The highest BCUT2D eigenvalue weighted by atomic mass is 16.5. The van der Waals surface area contributed by atoms with Gasteiger partial charge in [-0.3, -0.25) is 4.79 Å². The molecule has 0 aromatic heterocycles. The molecule has 0 fully saturated rings. The number of amides is 1. The van der Waals surface area contributed by atoms with Crippen molar-refractivity contribution in [2.24, 2.45) is 0 Å². The van der Waals surface area contributed by atoms with Crippen molar-refractivity contribution in [3.05, 3.63) is 23.8 Å². The summed E-state index contributed by atoms with van der Waals surface area (Å²) >= 11 is 0. The summed E-state index contributed by atoms with van der Waals surface area (Å²) in [5.74, 6) is -1.18. The molecule has 0 aliphatic carbocycles. The van der Waals surface area contributed by atoms with Crippen LogP contribution in [0.25, 0.3) is 0 Å². The van der Waals surface area contributed by atoms with E-state index in [0.29, 0.717) is 11.5 Å². The Hall–Kier alpha value is -2.28. The molecule has 0 aliphatic rings. The van der Waals surface area contributed by atoms with Crippen LogP contribution in [0.5, 0.6) is 11.5 Å². The summed E-state index contributed by atoms with van der Waals surface area (Å²) < 4.78 is 10.0. The van der Waals surface area contributed by atoms with E-state index in [1.807, 2.05) is 0 Å². The van der Waals surface area contributed by atoms with Crippen molar-refractivity contribution in [2.75, 3.05) is 20.8 Å². The average Bonchev–Trinajstić information content (AvgIpc) is 2.43. The lowest BCUT2D eigenvalue weighted by Crippen LogP contribution is -2.36. The first kappa shape index (κ1) is 14.8. The van der Waals surface area contributed by atoms with E-state index >= 15 is 0 Å². The van der Waals surface area contributed by atoms with Crippen molar-refractivity contribution < 1.29 is 29.3 Å². The molecule has 0 unspecified atom stereocenters. The van der Waals surface area contributed by atoms with Gasteiger partial charge in [0.1, 0.15) is 11.5 Å². The number of aliphatic carboxylic acids is 1. The molecular formula is C12H15NO6. The maximum absolute atomic E-state index is 11.9. The number of benzene rings is 1. The normalized spacial score (nSPS) is 11.5. The Morgan fingerprint density at radius 2 is 2.00 bits per heavy atom. The van der Waals surface area contributed by atoms with Crippen LogP contribution in [-0.4, -0.2) is 49.0 Å². The van der Waals surface area contributed by atoms with Crippen LogP contribution in [0.15, 0.2) is 18.2 Å². The SMILES string of the molecule is COc1ccc(OC)c(C(=O)NC[C@H](O)C(=O)O)c1. The molecule has 0 bridgehead atoms. The molecule has 1 amide bonds. The Labute approximate surface area is 109 Å². The van der Waals surface area contributed by atoms with Gasteiger partial charge in [0.2, 0.25) is 0 Å². The van der Waals surface area contributed by atoms with Gasteiger partial charge < -0.3 is 25.0 Å². The molecule has 1 rings (SSSR count). The third-order valence-corrected chi connectivity index (χ3v) is 2.39. The summed E-state index contributed by atoms with van der Waals surface area (Å²) in [5.41, 5.74) is 0.194. The molecule has 3 N–H and O–H groups in total. The molecular weight excluding hydrogens is 254 g/mol. The van der Waals surface area contributed by atoms with E-state index < -0.39 is 24.5 Å². The van der Waals surface area contributed by atoms with Gasteiger partial charge in [0.25, 0.3) is 5.91 Å². The summed E-state index contributed by atoms with van der Waals surface area (Å²) in [6, 6.07) is 4.64. The second-order valence-corrected chi connectivity index (χ2v) is 3.63. The van der Waals surface area contributed by atoms with Crippen LogP contribution < -0.4 is 14.8 Å². The van der Waals surface area contributed by atoms with Crippen molar-refractivity contribution in [2.45, 2.75) is 6.10 Å². The second kappa shape index (κ2) is 6.60. The van der Waals surface area contributed by atoms with Gasteiger partial charge in [-0.25, -0.2) is 4.79 Å². The zero-order valence-corrected chi connectivity index (χ0v) is 10.5. The Bertz CT molecular complexity index is 473. The number of carboxylic acid groups (broad SMARTS) is 1. The quantitative estimate of drug-likeness (QED) is 0.665. The van der Waals surface area contributed by atoms with Crippen LogP contribution in [0.2, 0.25) is 0 Å². The number of carboxylic acids is 1. The molecule has 1 aromatic rings. The largest absolute Gasteiger partial charge is 0.497 e. The van der Waals surface area contributed by atoms with Crippen molar-refractivity contribution in [1.29, 1.82) is 0 Å². The summed E-state index contributed by atoms with van der Waals surface area (Å²) in [7, 11) is 2.86. The smallest absolute Gasteiger partial charge is 0.334 e. The highest BCUT2D eigenvalue weighted by Gasteiger charge is 2.17. The molecule has 0 spiro atoms. The van der Waals surface area contributed by atoms with E-state index in [1.165, 1.54) is 20.3 Å². The van der Waals surface area contributed by atoms with E-state index in [2.05, 4.69) is 5.32 Å². The summed E-state index contributed by atoms with van der Waals surface area (Å²) in [6.07, 6.45) is -1.65. The molecule has 0 saturated heterocycles. The number of ether oxygens (including phenoxy) is 2. The summed E-state index contributed by atoms with van der Waals surface area (Å²) in [4.78, 5) is 22.3. The number of nitrogens with one attached hydrogen (secondary N) is 1. The summed E-state index contributed by atoms with van der Waals surface area (Å²) in [6.45, 7) is -0.394. The number of carbonyl (C=O) groups excluding carboxylic acids is 1. The van der Waals surface area contributed by atoms with E-state index in [9.17, 15) is 9.59 Å². The molecule has 104 valence electrons. The van der Waals surface area contributed by atoms with E-state index in [-0.39, 0.29) is 5.56 Å². The van der Waals surface area contributed by atoms with Gasteiger partial charge in [-0.05, 0) is 18.2 Å². The molecule has 19 heavy (non-hydrogen) atoms. The Morgan fingerprint density at radius 3 is 2.53 bits per heavy atom. The van der Waals surface area contributed by atoms with E-state index in [1.54, 1.807) is 12.1 Å². The van der Waals surface area contributed by atoms with Gasteiger partial charge >= 0.3 is 5.97 Å². The van der Waals surface area contributed by atoms with Crippen LogP contribution in [0.3, 0.4) is 0 Å². The minimum Gasteiger partial charge on any atom is -0.497 e. The fourth-order valence-corrected chi connectivity index (χ4v) is 1.36. The average molecular weight is 269 g/mol. The van der Waals surface area contributed by atoms with Crippen molar-refractivity contribution >= 4 is 11.9 Å². The van der Waals surface area contributed by atoms with Crippen LogP contribution in [0, 0.1) is 0 Å². The Balaban J connectivity index is 2.83. The van der Waals surface area contributed by atoms with Gasteiger partial charge in [-0.15, -0.1) is 0 Å². The zero-order chi connectivity index (χ0) is 14.4. The number of methoxy groups -OCH3 is 2. The van der Waals surface area contributed by atoms with Crippen LogP contribution >= 0.6 is 0 Å². The minimum atomic E-state index is -1.65. The predicted molar refractivity (Wildman–Crippen MR) is 65.5 cm³/mol. The van der Waals surface area contributed by atoms with Gasteiger partial charge in [0.05, 0.1) is 26.3 Å². The Morgan fingerprint density at radius 1 is 1.32 bits per heavy atom. The highest BCUT2D eigenvalue weighted by molar-refractivity contribution is 5.97. The monoisotopic (exact) mass is 269 g/mol. The first-order valence-corrected chi connectivity index (χ1v) is 5.40. The second-order valence-electron chi connectivity index (χ2n) is 3.63. The standard InChI is InChI=1S/C12H15NO6/c1-18-7-3-4-10(19-2)8(5-7)11(15)13-6-9(14)12(16)17/h3-5,9,14H,6H2,1-2H3,(H,13,15)(H,16,17)/t9-/m0/s1. The van der Waals surface area contributed by atoms with Crippen molar-refractivity contribution in [3.63, 3.8) is 0 Å². The number of aliphatic hydroxyl groups is 1. The lowest BCUT2D eigenvalue weighted by molar-refractivity contribution is -0.146. The van der Waals surface area contributed by atoms with Crippen molar-refractivity contribution in [3.8, 4) is 11.5 Å². The number of aliphatic hydroxyl groups excluding tert-OH is 1. The number of rotatable bonds is 6. The molecule has 0 heterocycles. The first-order chi connectivity index (χ1) is 8.99. The zero-order valence-electron chi connectivity index (χ0n) is 10.5. The first-order valence-electron chi connectivity index (χ1n) is 5.40. The van der Waals surface area contributed by atoms with E-state index in [4.69, 9.17) is 19.7 Å². The Kier molecular flexibility index (Phi) is 5.13. The minimum absolute atomic E-state index is 0.194. The van der Waals surface area contributed by atoms with E-state index in [0.717, 1.165) is 0 Å². The number of carbonyl (C=O) groups is 2. The number of hydrogen-bond acceptors (Lipinski definition) is 5. The lowest BCUT2D eigenvalue weighted by Gasteiger charge is -2.11. The predicted octanol–water partition coefficient (Wildman–Crippen LogP) is -0.121. The fourth-order valence-electron chi connectivity index (χ4n) is 1.36. The molecule has 1 aromatic carbocycles. The molecule has 0 saturated carbocycles. The van der Waals surface area contributed by atoms with Crippen molar-refractivity contribution in [1.82, 2.24) is 5.32 Å². The fraction of sp³-hybridized carbons (Fsp3) is 0.333. The van der Waals surface area contributed by atoms with Crippen LogP contribution in [0.4, 0.5) is 0 Å². The summed E-state index contributed by atoms with van der Waals surface area (Å²) in [5, 5.41) is 19.9. The number of hydrogen-bond donors (Lipinski definition) is 3. The molecule has 1 atom stereocenters. The maximum atomic E-state index is 11.9. The maximum Gasteiger partial charge on any atom is 0.334 e. The van der Waals surface area contributed by atoms with Crippen LogP contribution in [-0.2, 0) is 4.79 Å². The van der Waals surface area contributed by atoms with Gasteiger partial charge in [0.15, 0.2) is 6.10 Å². The van der Waals surface area contributed by atoms with Gasteiger partial charge in [0, 0.05) is 0 Å². The third-order valence-electron chi connectivity index (χ3n) is 2.39. The lowest BCUT2D eigenvalue weighted by atomic mass is 10.1. The molecule has 0 aliphatic heterocycles. The molecule has 0 radical (unpaired) electrons. The van der Waals surface area contributed by atoms with Gasteiger partial charge in [-0.1, -0.05) is 0 Å². The van der Waals surface area contributed by atoms with Crippen LogP contribution in [0.1, 0.15) is 10.4 Å². The molecule has 7 nitrogen and oxygen atoms in total. The third kappa shape index (κ3) is 3.85. The van der Waals surface area contributed by atoms with Gasteiger partial charge in [-0.2, -0.15) is 0 Å². The topological polar surface area (TPSA) is 105 Å². The highest BCUT2D eigenvalue weighted by Crippen LogP contribution is 2.23.